The van der Waals surface area contributed by atoms with Gasteiger partial charge in [0.25, 0.3) is 0 Å². The van der Waals surface area contributed by atoms with Crippen LogP contribution < -0.4 is 4.74 Å². The summed E-state index contributed by atoms with van der Waals surface area (Å²) in [5.74, 6) is 1.21. The lowest BCUT2D eigenvalue weighted by Gasteiger charge is -2.43. The van der Waals surface area contributed by atoms with Gasteiger partial charge in [-0.2, -0.15) is 0 Å². The molecule has 1 aliphatic carbocycles. The van der Waals surface area contributed by atoms with Crippen LogP contribution in [-0.4, -0.2) is 72.5 Å². The van der Waals surface area contributed by atoms with Gasteiger partial charge in [-0.15, -0.1) is 0 Å². The number of ether oxygens (including phenoxy) is 1. The molecule has 0 N–H and O–H groups in total. The van der Waals surface area contributed by atoms with Crippen LogP contribution in [0.2, 0.25) is 0 Å². The molecule has 1 saturated heterocycles. The number of benzene rings is 2. The van der Waals surface area contributed by atoms with Crippen LogP contribution in [0.15, 0.2) is 42.5 Å². The van der Waals surface area contributed by atoms with E-state index in [9.17, 15) is 4.79 Å². The molecule has 32 heavy (non-hydrogen) atoms. The van der Waals surface area contributed by atoms with Gasteiger partial charge in [0.2, 0.25) is 5.91 Å². The summed E-state index contributed by atoms with van der Waals surface area (Å²) < 4.78 is 5.66. The Hall–Kier alpha value is -2.37. The number of nitrogens with zero attached hydrogens (tertiary/aromatic N) is 3. The Labute approximate surface area is 191 Å². The first kappa shape index (κ1) is 21.5. The van der Waals surface area contributed by atoms with Crippen molar-refractivity contribution in [2.24, 2.45) is 0 Å². The molecule has 0 aromatic heterocycles. The van der Waals surface area contributed by atoms with E-state index in [4.69, 9.17) is 4.74 Å². The van der Waals surface area contributed by atoms with Crippen molar-refractivity contribution in [2.45, 2.75) is 45.2 Å². The summed E-state index contributed by atoms with van der Waals surface area (Å²) in [6.07, 6.45) is 5.07. The molecule has 0 spiro atoms. The van der Waals surface area contributed by atoms with E-state index in [1.54, 1.807) is 0 Å². The fraction of sp³-hybridized carbons (Fsp3) is 0.519. The Morgan fingerprint density at radius 3 is 2.53 bits per heavy atom. The number of hydrogen-bond acceptors (Lipinski definition) is 4. The zero-order chi connectivity index (χ0) is 21.9. The molecule has 2 aromatic rings. The number of carbonyl (C=O) groups excluding carboxylic acids is 1. The third-order valence-corrected chi connectivity index (χ3v) is 7.39. The Kier molecular flexibility index (Phi) is 6.47. The van der Waals surface area contributed by atoms with E-state index in [1.165, 1.54) is 41.5 Å². The number of hydrogen-bond donors (Lipinski definition) is 0. The third-order valence-electron chi connectivity index (χ3n) is 7.39. The fourth-order valence-corrected chi connectivity index (χ4v) is 5.24. The van der Waals surface area contributed by atoms with E-state index in [1.807, 2.05) is 13.0 Å². The minimum absolute atomic E-state index is 0.297. The molecule has 0 unspecified atom stereocenters. The summed E-state index contributed by atoms with van der Waals surface area (Å²) in [6, 6.07) is 15.9. The van der Waals surface area contributed by atoms with Gasteiger partial charge in [0.05, 0.1) is 13.2 Å². The topological polar surface area (TPSA) is 36.0 Å². The maximum absolute atomic E-state index is 12.9. The predicted molar refractivity (Wildman–Crippen MR) is 128 cm³/mol. The Morgan fingerprint density at radius 1 is 0.969 bits per heavy atom. The molecule has 0 radical (unpaired) electrons. The first-order valence-electron chi connectivity index (χ1n) is 12.3. The lowest BCUT2D eigenvalue weighted by Crippen LogP contribution is -2.55. The summed E-state index contributed by atoms with van der Waals surface area (Å²) in [4.78, 5) is 19.9. The Morgan fingerprint density at radius 2 is 1.78 bits per heavy atom. The van der Waals surface area contributed by atoms with Crippen LogP contribution in [0.25, 0.3) is 11.1 Å². The van der Waals surface area contributed by atoms with E-state index >= 15 is 0 Å². The van der Waals surface area contributed by atoms with Crippen LogP contribution in [0.5, 0.6) is 5.75 Å². The standard InChI is InChI=1S/C27H35N3O2/c1-2-32-26-8-3-5-21(18-26)22-9-10-24-19-28(12-11-23(24)17-22)20-27(31)30-15-13-29(14-16-30)25-6-4-7-25/h3,5,8-10,17-18,25H,2,4,6-7,11-16,19-20H2,1H3. The summed E-state index contributed by atoms with van der Waals surface area (Å²) in [5, 5.41) is 0. The van der Waals surface area contributed by atoms with Gasteiger partial charge in [-0.25, -0.2) is 0 Å². The van der Waals surface area contributed by atoms with Gasteiger partial charge < -0.3 is 9.64 Å². The Bertz CT molecular complexity index is 948. The van der Waals surface area contributed by atoms with Crippen molar-refractivity contribution >= 4 is 5.91 Å². The van der Waals surface area contributed by atoms with E-state index in [2.05, 4.69) is 51.1 Å². The fourth-order valence-electron chi connectivity index (χ4n) is 5.24. The van der Waals surface area contributed by atoms with Crippen molar-refractivity contribution in [1.82, 2.24) is 14.7 Å². The molecule has 3 aliphatic rings. The number of carbonyl (C=O) groups is 1. The second-order valence-corrected chi connectivity index (χ2v) is 9.41. The smallest absolute Gasteiger partial charge is 0.236 e. The zero-order valence-electron chi connectivity index (χ0n) is 19.3. The molecule has 2 aliphatic heterocycles. The number of amides is 1. The first-order chi connectivity index (χ1) is 15.7. The monoisotopic (exact) mass is 433 g/mol. The molecular weight excluding hydrogens is 398 g/mol. The van der Waals surface area contributed by atoms with Crippen LogP contribution >= 0.6 is 0 Å². The van der Waals surface area contributed by atoms with E-state index in [0.717, 1.165) is 57.5 Å². The third kappa shape index (κ3) is 4.69. The quantitative estimate of drug-likeness (QED) is 0.694. The molecule has 2 fully saturated rings. The van der Waals surface area contributed by atoms with E-state index in [0.29, 0.717) is 19.1 Å². The first-order valence-corrected chi connectivity index (χ1v) is 12.3. The molecule has 5 heteroatoms. The molecule has 2 aromatic carbocycles. The molecule has 170 valence electrons. The summed E-state index contributed by atoms with van der Waals surface area (Å²) in [6.45, 7) is 8.93. The molecule has 0 bridgehead atoms. The summed E-state index contributed by atoms with van der Waals surface area (Å²) in [5.41, 5.74) is 5.18. The van der Waals surface area contributed by atoms with Gasteiger partial charge in [-0.1, -0.05) is 36.8 Å². The maximum atomic E-state index is 12.9. The number of fused-ring (bicyclic) bond motifs is 1. The van der Waals surface area contributed by atoms with Gasteiger partial charge in [0, 0.05) is 45.3 Å². The van der Waals surface area contributed by atoms with Gasteiger partial charge in [-0.05, 0) is 60.6 Å². The highest BCUT2D eigenvalue weighted by atomic mass is 16.5. The number of rotatable bonds is 6. The normalized spacial score (nSPS) is 20.0. The highest BCUT2D eigenvalue weighted by Gasteiger charge is 2.30. The summed E-state index contributed by atoms with van der Waals surface area (Å²) >= 11 is 0. The van der Waals surface area contributed by atoms with E-state index in [-0.39, 0.29) is 0 Å². The summed E-state index contributed by atoms with van der Waals surface area (Å²) in [7, 11) is 0. The van der Waals surface area contributed by atoms with Gasteiger partial charge in [0.15, 0.2) is 0 Å². The molecule has 2 heterocycles. The van der Waals surface area contributed by atoms with E-state index < -0.39 is 0 Å². The molecule has 1 saturated carbocycles. The second-order valence-electron chi connectivity index (χ2n) is 9.41. The van der Waals surface area contributed by atoms with Crippen LogP contribution in [0.1, 0.15) is 37.3 Å². The lowest BCUT2D eigenvalue weighted by molar-refractivity contribution is -0.135. The van der Waals surface area contributed by atoms with Crippen molar-refractivity contribution in [3.63, 3.8) is 0 Å². The van der Waals surface area contributed by atoms with Crippen molar-refractivity contribution in [2.75, 3.05) is 45.9 Å². The maximum Gasteiger partial charge on any atom is 0.236 e. The highest BCUT2D eigenvalue weighted by Crippen LogP contribution is 2.29. The van der Waals surface area contributed by atoms with Crippen LogP contribution in [0.3, 0.4) is 0 Å². The number of piperazine rings is 1. The second kappa shape index (κ2) is 9.63. The van der Waals surface area contributed by atoms with Crippen LogP contribution in [0, 0.1) is 0 Å². The SMILES string of the molecule is CCOc1cccc(-c2ccc3c(c2)CCN(CC(=O)N2CCN(C4CCC4)CC2)C3)c1. The van der Waals surface area contributed by atoms with Crippen LogP contribution in [-0.2, 0) is 17.8 Å². The molecule has 0 atom stereocenters. The molecule has 5 rings (SSSR count). The van der Waals surface area contributed by atoms with Gasteiger partial charge in [0.1, 0.15) is 5.75 Å². The van der Waals surface area contributed by atoms with Crippen molar-refractivity contribution in [1.29, 1.82) is 0 Å². The molecule has 1 amide bonds. The predicted octanol–water partition coefficient (Wildman–Crippen LogP) is 3.81. The lowest BCUT2D eigenvalue weighted by atomic mass is 9.91. The molecular formula is C27H35N3O2. The average Bonchev–Trinajstić information content (AvgIpc) is 2.78. The zero-order valence-corrected chi connectivity index (χ0v) is 19.3. The van der Waals surface area contributed by atoms with Gasteiger partial charge >= 0.3 is 0 Å². The molecule has 5 nitrogen and oxygen atoms in total. The minimum Gasteiger partial charge on any atom is -0.494 e. The van der Waals surface area contributed by atoms with Crippen molar-refractivity contribution < 1.29 is 9.53 Å². The highest BCUT2D eigenvalue weighted by molar-refractivity contribution is 5.78. The van der Waals surface area contributed by atoms with Crippen LogP contribution in [0.4, 0.5) is 0 Å². The Balaban J connectivity index is 1.17. The van der Waals surface area contributed by atoms with Gasteiger partial charge in [-0.3, -0.25) is 14.6 Å². The van der Waals surface area contributed by atoms with Crippen molar-refractivity contribution in [3.8, 4) is 16.9 Å². The minimum atomic E-state index is 0.297. The van der Waals surface area contributed by atoms with Crippen molar-refractivity contribution in [3.05, 3.63) is 53.6 Å². The average molecular weight is 434 g/mol. The largest absolute Gasteiger partial charge is 0.494 e.